The fourth-order valence-electron chi connectivity index (χ4n) is 2.40. The van der Waals surface area contributed by atoms with Crippen LogP contribution in [0.25, 0.3) is 6.08 Å². The second-order valence-electron chi connectivity index (χ2n) is 5.45. The molecule has 2 aromatic rings. The third kappa shape index (κ3) is 3.80. The van der Waals surface area contributed by atoms with Gasteiger partial charge in [-0.15, -0.1) is 0 Å². The maximum atomic E-state index is 12.7. The smallest absolute Gasteiger partial charge is 0.267 e. The van der Waals surface area contributed by atoms with Gasteiger partial charge < -0.3 is 0 Å². The van der Waals surface area contributed by atoms with Gasteiger partial charge in [0.1, 0.15) is 0 Å². The summed E-state index contributed by atoms with van der Waals surface area (Å²) in [4.78, 5) is 12.7. The summed E-state index contributed by atoms with van der Waals surface area (Å²) in [5.74, 6) is -0.264. The monoisotopic (exact) mass is 467 g/mol. The number of anilines is 1. The maximum absolute atomic E-state index is 12.7. The molecule has 25 heavy (non-hydrogen) atoms. The van der Waals surface area contributed by atoms with Gasteiger partial charge >= 0.3 is 0 Å². The Balaban J connectivity index is 1.92. The molecule has 0 saturated carbocycles. The number of hydrogen-bond acceptors (Lipinski definition) is 4. The highest BCUT2D eigenvalue weighted by atomic mass is 127. The first-order chi connectivity index (χ1) is 11.8. The number of sulfonamides is 1. The summed E-state index contributed by atoms with van der Waals surface area (Å²) in [5.41, 5.74) is 2.48. The van der Waals surface area contributed by atoms with Crippen molar-refractivity contribution < 1.29 is 13.2 Å². The Morgan fingerprint density at radius 1 is 1.16 bits per heavy atom. The fraction of sp³-hybridized carbons (Fsp3) is 0.0588. The summed E-state index contributed by atoms with van der Waals surface area (Å²) in [6, 6.07) is 13.5. The third-order valence-electron chi connectivity index (χ3n) is 3.63. The van der Waals surface area contributed by atoms with Gasteiger partial charge in [-0.2, -0.15) is 10.1 Å². The highest BCUT2D eigenvalue weighted by Gasteiger charge is 2.28. The molecule has 1 aliphatic rings. The summed E-state index contributed by atoms with van der Waals surface area (Å²) in [6.45, 7) is 1.76. The minimum Gasteiger partial charge on any atom is -0.267 e. The number of nitrogens with two attached hydrogens (primary N) is 1. The highest BCUT2D eigenvalue weighted by molar-refractivity contribution is 14.1. The van der Waals surface area contributed by atoms with Crippen molar-refractivity contribution in [3.8, 4) is 0 Å². The topological polar surface area (TPSA) is 92.8 Å². The van der Waals surface area contributed by atoms with Crippen molar-refractivity contribution in [2.75, 3.05) is 5.01 Å². The number of hydrogen-bond donors (Lipinski definition) is 1. The van der Waals surface area contributed by atoms with Crippen molar-refractivity contribution in [3.05, 3.63) is 63.2 Å². The minimum absolute atomic E-state index is 0.0155. The van der Waals surface area contributed by atoms with Gasteiger partial charge in [-0.05, 0) is 77.6 Å². The minimum atomic E-state index is -3.77. The van der Waals surface area contributed by atoms with Crippen molar-refractivity contribution in [1.29, 1.82) is 0 Å². The molecule has 1 heterocycles. The number of amides is 1. The molecule has 0 aliphatic carbocycles. The molecule has 0 saturated heterocycles. The Labute approximate surface area is 159 Å². The van der Waals surface area contributed by atoms with Crippen LogP contribution >= 0.6 is 22.6 Å². The molecule has 2 N–H and O–H groups in total. The molecule has 0 atom stereocenters. The van der Waals surface area contributed by atoms with E-state index < -0.39 is 10.0 Å². The summed E-state index contributed by atoms with van der Waals surface area (Å²) < 4.78 is 23.7. The zero-order valence-electron chi connectivity index (χ0n) is 13.2. The van der Waals surface area contributed by atoms with Crippen LogP contribution in [0, 0.1) is 3.57 Å². The van der Waals surface area contributed by atoms with E-state index in [0.29, 0.717) is 17.0 Å². The van der Waals surface area contributed by atoms with Crippen molar-refractivity contribution in [2.24, 2.45) is 10.2 Å². The van der Waals surface area contributed by atoms with Gasteiger partial charge in [0.05, 0.1) is 21.9 Å². The average molecular weight is 467 g/mol. The lowest BCUT2D eigenvalue weighted by Gasteiger charge is -2.12. The number of halogens is 1. The van der Waals surface area contributed by atoms with E-state index in [1.807, 2.05) is 24.3 Å². The molecular formula is C17H14IN3O3S. The number of carbonyl (C=O) groups is 1. The lowest BCUT2D eigenvalue weighted by Crippen LogP contribution is -2.21. The molecule has 0 bridgehead atoms. The van der Waals surface area contributed by atoms with Crippen molar-refractivity contribution in [3.63, 3.8) is 0 Å². The van der Waals surface area contributed by atoms with Gasteiger partial charge in [-0.25, -0.2) is 13.6 Å². The molecular weight excluding hydrogens is 453 g/mol. The number of rotatable bonds is 3. The molecule has 0 aromatic heterocycles. The summed E-state index contributed by atoms with van der Waals surface area (Å²) in [5, 5.41) is 10.6. The van der Waals surface area contributed by atoms with Crippen LogP contribution in [0.15, 0.2) is 64.1 Å². The predicted octanol–water partition coefficient (Wildman–Crippen LogP) is 2.74. The number of primary sulfonamides is 1. The first kappa shape index (κ1) is 17.8. The van der Waals surface area contributed by atoms with Crippen LogP contribution in [0.4, 0.5) is 5.69 Å². The Kier molecular flexibility index (Phi) is 4.76. The zero-order valence-corrected chi connectivity index (χ0v) is 16.2. The molecule has 0 unspecified atom stereocenters. The van der Waals surface area contributed by atoms with Crippen molar-refractivity contribution in [1.82, 2.24) is 0 Å². The number of benzene rings is 2. The van der Waals surface area contributed by atoms with E-state index in [9.17, 15) is 13.2 Å². The van der Waals surface area contributed by atoms with E-state index in [4.69, 9.17) is 5.14 Å². The van der Waals surface area contributed by atoms with Crippen LogP contribution in [0.5, 0.6) is 0 Å². The van der Waals surface area contributed by atoms with E-state index >= 15 is 0 Å². The summed E-state index contributed by atoms with van der Waals surface area (Å²) in [7, 11) is -3.77. The molecule has 128 valence electrons. The van der Waals surface area contributed by atoms with Crippen LogP contribution < -0.4 is 10.1 Å². The molecule has 1 aliphatic heterocycles. The van der Waals surface area contributed by atoms with Crippen LogP contribution in [0.2, 0.25) is 0 Å². The lowest BCUT2D eigenvalue weighted by molar-refractivity contribution is -0.114. The van der Waals surface area contributed by atoms with E-state index in [0.717, 1.165) is 9.13 Å². The second kappa shape index (κ2) is 6.70. The Hall–Kier alpha value is -2.04. The highest BCUT2D eigenvalue weighted by Crippen LogP contribution is 2.26. The van der Waals surface area contributed by atoms with Crippen LogP contribution in [0.1, 0.15) is 12.5 Å². The van der Waals surface area contributed by atoms with Crippen LogP contribution in [0.3, 0.4) is 0 Å². The molecule has 0 fully saturated rings. The lowest BCUT2D eigenvalue weighted by atomic mass is 10.1. The Morgan fingerprint density at radius 2 is 1.84 bits per heavy atom. The largest absolute Gasteiger partial charge is 0.280 e. The zero-order chi connectivity index (χ0) is 18.2. The standard InChI is InChI=1S/C17H14IN3O3S/c1-11-16(10-12-3-2-4-13(18)9-12)17(22)21(20-11)14-5-7-15(8-6-14)25(19,23)24/h2-10H,1H3,(H2,19,23,24). The molecule has 6 nitrogen and oxygen atoms in total. The molecule has 8 heteroatoms. The molecule has 3 rings (SSSR count). The number of carbonyl (C=O) groups excluding carboxylic acids is 1. The number of hydrazone groups is 1. The van der Waals surface area contributed by atoms with Gasteiger partial charge in [-0.1, -0.05) is 12.1 Å². The summed E-state index contributed by atoms with van der Waals surface area (Å²) >= 11 is 2.21. The Morgan fingerprint density at radius 3 is 2.44 bits per heavy atom. The maximum Gasteiger partial charge on any atom is 0.280 e. The molecule has 0 radical (unpaired) electrons. The van der Waals surface area contributed by atoms with Crippen LogP contribution in [-0.2, 0) is 14.8 Å². The van der Waals surface area contributed by atoms with Gasteiger partial charge in [0.25, 0.3) is 5.91 Å². The summed E-state index contributed by atoms with van der Waals surface area (Å²) in [6.07, 6.45) is 1.79. The quantitative estimate of drug-likeness (QED) is 0.556. The van der Waals surface area contributed by atoms with Gasteiger partial charge in [0.15, 0.2) is 0 Å². The molecule has 1 amide bonds. The van der Waals surface area contributed by atoms with Gasteiger partial charge in [0, 0.05) is 3.57 Å². The van der Waals surface area contributed by atoms with E-state index in [1.165, 1.54) is 29.3 Å². The molecule has 0 spiro atoms. The third-order valence-corrected chi connectivity index (χ3v) is 5.23. The van der Waals surface area contributed by atoms with Crippen molar-refractivity contribution >= 4 is 56.0 Å². The first-order valence-electron chi connectivity index (χ1n) is 7.26. The van der Waals surface area contributed by atoms with E-state index in [2.05, 4.69) is 27.7 Å². The fourth-order valence-corrected chi connectivity index (χ4v) is 3.48. The van der Waals surface area contributed by atoms with E-state index in [1.54, 1.807) is 13.0 Å². The van der Waals surface area contributed by atoms with Crippen molar-refractivity contribution in [2.45, 2.75) is 11.8 Å². The average Bonchev–Trinajstić information content (AvgIpc) is 2.82. The predicted molar refractivity (Wildman–Crippen MR) is 106 cm³/mol. The second-order valence-corrected chi connectivity index (χ2v) is 8.26. The van der Waals surface area contributed by atoms with E-state index in [-0.39, 0.29) is 10.8 Å². The normalized spacial score (nSPS) is 16.4. The van der Waals surface area contributed by atoms with Crippen LogP contribution in [-0.4, -0.2) is 20.0 Å². The SMILES string of the molecule is CC1=NN(c2ccc(S(N)(=O)=O)cc2)C(=O)C1=Cc1cccc(I)c1. The van der Waals surface area contributed by atoms with Gasteiger partial charge in [-0.3, -0.25) is 4.79 Å². The van der Waals surface area contributed by atoms with Gasteiger partial charge in [0.2, 0.25) is 10.0 Å². The first-order valence-corrected chi connectivity index (χ1v) is 9.88. The number of nitrogens with zero attached hydrogens (tertiary/aromatic N) is 2. The Bertz CT molecular complexity index is 1010. The molecule has 2 aromatic carbocycles.